The average molecular weight is 425 g/mol. The third-order valence-corrected chi connectivity index (χ3v) is 5.50. The number of ether oxygens (including phenoxy) is 2. The first kappa shape index (κ1) is 20.8. The highest BCUT2D eigenvalue weighted by atomic mass is 16.5. The molecule has 1 amide bonds. The van der Waals surface area contributed by atoms with Crippen molar-refractivity contribution in [1.82, 2.24) is 14.9 Å². The van der Waals surface area contributed by atoms with E-state index < -0.39 is 29.6 Å². The first-order valence-corrected chi connectivity index (χ1v) is 9.86. The number of hydrogen-bond donors (Lipinski definition) is 3. The lowest BCUT2D eigenvalue weighted by Crippen LogP contribution is -2.42. The number of carbonyl (C=O) groups is 1. The van der Waals surface area contributed by atoms with Crippen LogP contribution >= 0.6 is 0 Å². The standard InChI is InChI=1S/C22H23N3O6/c1-12-10-25(22(29)24-20(12)27)19-9-17(18(11-26)31-19)23-21(28)15-4-3-14-8-16(30-2)6-5-13(14)7-15/h3-8,10,17-19,26H,9,11H2,1-2H3,(H,23,28)(H,24,27,29)/t17-,18+,19+/m0/s1. The Morgan fingerprint density at radius 2 is 2.00 bits per heavy atom. The van der Waals surface area contributed by atoms with Gasteiger partial charge in [0.05, 0.1) is 19.8 Å². The number of aryl methyl sites for hydroxylation is 1. The lowest BCUT2D eigenvalue weighted by molar-refractivity contribution is -0.0288. The number of nitrogens with zero attached hydrogens (tertiary/aromatic N) is 1. The van der Waals surface area contributed by atoms with Crippen molar-refractivity contribution in [1.29, 1.82) is 0 Å². The van der Waals surface area contributed by atoms with Crippen LogP contribution in [0, 0.1) is 6.92 Å². The first-order valence-electron chi connectivity index (χ1n) is 9.86. The number of nitrogens with one attached hydrogen (secondary N) is 2. The van der Waals surface area contributed by atoms with Gasteiger partial charge in [0.25, 0.3) is 11.5 Å². The summed E-state index contributed by atoms with van der Waals surface area (Å²) in [6.07, 6.45) is 0.294. The lowest BCUT2D eigenvalue weighted by atomic mass is 10.0. The van der Waals surface area contributed by atoms with Gasteiger partial charge in [-0.15, -0.1) is 0 Å². The molecule has 0 bridgehead atoms. The molecule has 162 valence electrons. The zero-order chi connectivity index (χ0) is 22.1. The van der Waals surface area contributed by atoms with E-state index in [4.69, 9.17) is 9.47 Å². The molecule has 3 atom stereocenters. The number of amides is 1. The van der Waals surface area contributed by atoms with Crippen molar-refractivity contribution in [2.45, 2.75) is 31.7 Å². The molecule has 0 unspecified atom stereocenters. The highest BCUT2D eigenvalue weighted by Crippen LogP contribution is 2.28. The highest BCUT2D eigenvalue weighted by molar-refractivity contribution is 5.99. The number of aliphatic hydroxyl groups is 1. The number of aromatic amines is 1. The minimum atomic E-state index is -0.713. The Morgan fingerprint density at radius 3 is 2.74 bits per heavy atom. The minimum absolute atomic E-state index is 0.271. The van der Waals surface area contributed by atoms with Gasteiger partial charge in [0, 0.05) is 23.7 Å². The van der Waals surface area contributed by atoms with E-state index >= 15 is 0 Å². The van der Waals surface area contributed by atoms with Gasteiger partial charge in [0.1, 0.15) is 18.1 Å². The molecule has 1 aromatic heterocycles. The second kappa shape index (κ2) is 8.37. The Bertz CT molecular complexity index is 1250. The third-order valence-electron chi connectivity index (χ3n) is 5.50. The quantitative estimate of drug-likeness (QED) is 0.562. The van der Waals surface area contributed by atoms with E-state index in [1.165, 1.54) is 10.8 Å². The van der Waals surface area contributed by atoms with Gasteiger partial charge >= 0.3 is 5.69 Å². The van der Waals surface area contributed by atoms with Crippen molar-refractivity contribution in [3.63, 3.8) is 0 Å². The number of aromatic nitrogens is 2. The monoisotopic (exact) mass is 425 g/mol. The highest BCUT2D eigenvalue weighted by Gasteiger charge is 2.37. The predicted molar refractivity (Wildman–Crippen MR) is 113 cm³/mol. The van der Waals surface area contributed by atoms with Gasteiger partial charge in [0.2, 0.25) is 0 Å². The van der Waals surface area contributed by atoms with Crippen LogP contribution in [-0.2, 0) is 4.74 Å². The number of rotatable bonds is 5. The number of benzene rings is 2. The fraction of sp³-hybridized carbons (Fsp3) is 0.318. The second-order valence-corrected chi connectivity index (χ2v) is 7.53. The van der Waals surface area contributed by atoms with Crippen LogP contribution in [0.15, 0.2) is 52.2 Å². The molecule has 1 saturated heterocycles. The number of aliphatic hydroxyl groups excluding tert-OH is 1. The molecule has 1 aliphatic rings. The van der Waals surface area contributed by atoms with Gasteiger partial charge in [-0.1, -0.05) is 12.1 Å². The van der Waals surface area contributed by atoms with E-state index in [1.807, 2.05) is 24.3 Å². The molecular weight excluding hydrogens is 402 g/mol. The summed E-state index contributed by atoms with van der Waals surface area (Å²) in [4.78, 5) is 38.9. The van der Waals surface area contributed by atoms with Gasteiger partial charge < -0.3 is 19.9 Å². The molecule has 2 aromatic carbocycles. The van der Waals surface area contributed by atoms with E-state index in [0.717, 1.165) is 16.5 Å². The summed E-state index contributed by atoms with van der Waals surface area (Å²) < 4.78 is 12.3. The van der Waals surface area contributed by atoms with Gasteiger partial charge in [-0.25, -0.2) is 4.79 Å². The lowest BCUT2D eigenvalue weighted by Gasteiger charge is -2.17. The second-order valence-electron chi connectivity index (χ2n) is 7.53. The van der Waals surface area contributed by atoms with Crippen LogP contribution in [0.25, 0.3) is 10.8 Å². The molecule has 4 rings (SSSR count). The van der Waals surface area contributed by atoms with Gasteiger partial charge in [-0.05, 0) is 42.0 Å². The smallest absolute Gasteiger partial charge is 0.330 e. The fourth-order valence-electron chi connectivity index (χ4n) is 3.77. The topological polar surface area (TPSA) is 123 Å². The summed E-state index contributed by atoms with van der Waals surface area (Å²) in [5.41, 5.74) is -0.232. The van der Waals surface area contributed by atoms with Crippen molar-refractivity contribution in [2.75, 3.05) is 13.7 Å². The summed E-state index contributed by atoms with van der Waals surface area (Å²) >= 11 is 0. The summed E-state index contributed by atoms with van der Waals surface area (Å²) in [7, 11) is 1.60. The van der Waals surface area contributed by atoms with Gasteiger partial charge in [-0.3, -0.25) is 19.1 Å². The molecule has 3 aromatic rings. The molecule has 0 saturated carbocycles. The van der Waals surface area contributed by atoms with Crippen molar-refractivity contribution in [3.8, 4) is 5.75 Å². The molecule has 0 aliphatic carbocycles. The van der Waals surface area contributed by atoms with Crippen LogP contribution in [0.1, 0.15) is 28.6 Å². The number of H-pyrrole nitrogens is 1. The van der Waals surface area contributed by atoms with Crippen LogP contribution in [0.3, 0.4) is 0 Å². The van der Waals surface area contributed by atoms with Crippen LogP contribution in [0.5, 0.6) is 5.75 Å². The van der Waals surface area contributed by atoms with E-state index in [0.29, 0.717) is 11.1 Å². The molecule has 9 nitrogen and oxygen atoms in total. The largest absolute Gasteiger partial charge is 0.497 e. The Labute approximate surface area is 177 Å². The third kappa shape index (κ3) is 4.10. The number of carbonyl (C=O) groups excluding carboxylic acids is 1. The first-order chi connectivity index (χ1) is 14.9. The zero-order valence-corrected chi connectivity index (χ0v) is 17.1. The minimum Gasteiger partial charge on any atom is -0.497 e. The summed E-state index contributed by atoms with van der Waals surface area (Å²) in [6.45, 7) is 1.26. The summed E-state index contributed by atoms with van der Waals surface area (Å²) in [6, 6.07) is 10.4. The molecule has 9 heteroatoms. The molecule has 2 heterocycles. The molecule has 1 fully saturated rings. The number of fused-ring (bicyclic) bond motifs is 1. The Kier molecular flexibility index (Phi) is 5.62. The van der Waals surface area contributed by atoms with Crippen molar-refractivity contribution < 1.29 is 19.4 Å². The van der Waals surface area contributed by atoms with Crippen LogP contribution in [-0.4, -0.2) is 46.4 Å². The predicted octanol–water partition coefficient (Wildman–Crippen LogP) is 1.09. The Morgan fingerprint density at radius 1 is 1.26 bits per heavy atom. The van der Waals surface area contributed by atoms with Crippen molar-refractivity contribution >= 4 is 16.7 Å². The molecule has 3 N–H and O–H groups in total. The SMILES string of the molecule is COc1ccc2cc(C(=O)N[C@H]3C[C@H](n4cc(C)c(=O)[nH]c4=O)O[C@@H]3CO)ccc2c1. The molecule has 0 radical (unpaired) electrons. The van der Waals surface area contributed by atoms with Crippen molar-refractivity contribution in [3.05, 3.63) is 74.6 Å². The Balaban J connectivity index is 1.53. The molecule has 0 spiro atoms. The van der Waals surface area contributed by atoms with E-state index in [9.17, 15) is 19.5 Å². The summed E-state index contributed by atoms with van der Waals surface area (Å²) in [5, 5.41) is 14.4. The van der Waals surface area contributed by atoms with Crippen LogP contribution in [0.2, 0.25) is 0 Å². The maximum Gasteiger partial charge on any atom is 0.330 e. The van der Waals surface area contributed by atoms with E-state index in [-0.39, 0.29) is 18.9 Å². The number of hydrogen-bond acceptors (Lipinski definition) is 6. The maximum atomic E-state index is 12.8. The van der Waals surface area contributed by atoms with Crippen LogP contribution < -0.4 is 21.3 Å². The van der Waals surface area contributed by atoms with E-state index in [1.54, 1.807) is 26.2 Å². The maximum absolute atomic E-state index is 12.8. The van der Waals surface area contributed by atoms with Gasteiger partial charge in [-0.2, -0.15) is 0 Å². The van der Waals surface area contributed by atoms with Crippen molar-refractivity contribution in [2.24, 2.45) is 0 Å². The van der Waals surface area contributed by atoms with E-state index in [2.05, 4.69) is 10.3 Å². The summed E-state index contributed by atoms with van der Waals surface area (Å²) in [5.74, 6) is 0.424. The molecule has 31 heavy (non-hydrogen) atoms. The van der Waals surface area contributed by atoms with Gasteiger partial charge in [0.15, 0.2) is 0 Å². The number of methoxy groups -OCH3 is 1. The molecule has 1 aliphatic heterocycles. The Hall–Kier alpha value is -3.43. The molecular formula is C22H23N3O6. The normalized spacial score (nSPS) is 20.7. The van der Waals surface area contributed by atoms with Crippen LogP contribution in [0.4, 0.5) is 0 Å². The zero-order valence-electron chi connectivity index (χ0n) is 17.1. The fourth-order valence-corrected chi connectivity index (χ4v) is 3.77. The average Bonchev–Trinajstić information content (AvgIpc) is 3.17.